The van der Waals surface area contributed by atoms with Crippen LogP contribution in [0.25, 0.3) is 10.9 Å². The zero-order valence-corrected chi connectivity index (χ0v) is 11.8. The fourth-order valence-corrected chi connectivity index (χ4v) is 2.23. The van der Waals surface area contributed by atoms with Crippen LogP contribution in [0, 0.1) is 5.82 Å². The lowest BCUT2D eigenvalue weighted by Gasteiger charge is -2.07. The molecule has 0 radical (unpaired) electrons. The van der Waals surface area contributed by atoms with Gasteiger partial charge in [-0.25, -0.2) is 4.39 Å². The smallest absolute Gasteiger partial charge is 0.258 e. The molecular weight excluding hydrogens is 283 g/mol. The summed E-state index contributed by atoms with van der Waals surface area (Å²) in [6.45, 7) is 0.173. The Bertz CT molecular complexity index is 798. The van der Waals surface area contributed by atoms with Crippen LogP contribution in [0.5, 0.6) is 5.75 Å². The van der Waals surface area contributed by atoms with Crippen molar-refractivity contribution in [2.75, 3.05) is 6.61 Å². The summed E-state index contributed by atoms with van der Waals surface area (Å²) in [5.41, 5.74) is 2.02. The molecular formula is C17H15FN2O2. The first kappa shape index (κ1) is 14.1. The molecule has 0 aliphatic carbocycles. The van der Waals surface area contributed by atoms with Crippen molar-refractivity contribution in [1.29, 1.82) is 0 Å². The third kappa shape index (κ3) is 3.09. The van der Waals surface area contributed by atoms with E-state index in [2.05, 4.69) is 10.3 Å². The second-order valence-corrected chi connectivity index (χ2v) is 4.86. The van der Waals surface area contributed by atoms with Crippen molar-refractivity contribution in [3.8, 4) is 5.75 Å². The van der Waals surface area contributed by atoms with E-state index in [4.69, 9.17) is 4.74 Å². The van der Waals surface area contributed by atoms with E-state index in [1.54, 1.807) is 12.1 Å². The number of rotatable bonds is 5. The number of nitrogens with one attached hydrogen (secondary N) is 2. The standard InChI is InChI=1S/C17H15FN2O2/c18-14-6-2-4-8-16(14)22-11-17(21)20-10-12-9-19-15-7-3-1-5-13(12)15/h1-9,19H,10-11H2,(H,20,21). The molecule has 0 spiro atoms. The minimum atomic E-state index is -0.480. The van der Waals surface area contributed by atoms with E-state index in [0.717, 1.165) is 16.5 Å². The molecule has 22 heavy (non-hydrogen) atoms. The Labute approximate surface area is 126 Å². The Morgan fingerprint density at radius 2 is 1.91 bits per heavy atom. The van der Waals surface area contributed by atoms with Crippen LogP contribution in [0.15, 0.2) is 54.7 Å². The summed E-state index contributed by atoms with van der Waals surface area (Å²) in [6, 6.07) is 13.9. The monoisotopic (exact) mass is 298 g/mol. The molecule has 0 aliphatic rings. The summed E-state index contributed by atoms with van der Waals surface area (Å²) in [7, 11) is 0. The highest BCUT2D eigenvalue weighted by atomic mass is 19.1. The number of para-hydroxylation sites is 2. The minimum Gasteiger partial charge on any atom is -0.481 e. The molecule has 0 bridgehead atoms. The predicted molar refractivity (Wildman–Crippen MR) is 82.0 cm³/mol. The zero-order chi connectivity index (χ0) is 15.4. The molecule has 112 valence electrons. The van der Waals surface area contributed by atoms with E-state index >= 15 is 0 Å². The van der Waals surface area contributed by atoms with Crippen LogP contribution in [0.2, 0.25) is 0 Å². The fourth-order valence-electron chi connectivity index (χ4n) is 2.23. The van der Waals surface area contributed by atoms with E-state index in [9.17, 15) is 9.18 Å². The number of hydrogen-bond donors (Lipinski definition) is 2. The first-order valence-corrected chi connectivity index (χ1v) is 6.93. The number of aromatic amines is 1. The van der Waals surface area contributed by atoms with Gasteiger partial charge in [0.25, 0.3) is 5.91 Å². The molecule has 4 nitrogen and oxygen atoms in total. The van der Waals surface area contributed by atoms with Gasteiger partial charge in [0.2, 0.25) is 0 Å². The molecule has 0 fully saturated rings. The molecule has 0 atom stereocenters. The first-order valence-electron chi connectivity index (χ1n) is 6.93. The van der Waals surface area contributed by atoms with Crippen molar-refractivity contribution in [2.24, 2.45) is 0 Å². The Kier molecular flexibility index (Phi) is 4.05. The number of aromatic nitrogens is 1. The number of hydrogen-bond acceptors (Lipinski definition) is 2. The largest absolute Gasteiger partial charge is 0.481 e. The number of amides is 1. The second-order valence-electron chi connectivity index (χ2n) is 4.86. The second kappa shape index (κ2) is 6.30. The number of benzene rings is 2. The average Bonchev–Trinajstić information content (AvgIpc) is 2.95. The number of fused-ring (bicyclic) bond motifs is 1. The summed E-state index contributed by atoms with van der Waals surface area (Å²) >= 11 is 0. The van der Waals surface area contributed by atoms with E-state index in [1.165, 1.54) is 12.1 Å². The van der Waals surface area contributed by atoms with Gasteiger partial charge in [-0.2, -0.15) is 0 Å². The topological polar surface area (TPSA) is 54.1 Å². The van der Waals surface area contributed by atoms with Gasteiger partial charge in [-0.15, -0.1) is 0 Å². The molecule has 3 aromatic rings. The molecule has 0 aliphatic heterocycles. The molecule has 1 amide bonds. The van der Waals surface area contributed by atoms with Crippen molar-refractivity contribution in [3.05, 3.63) is 66.1 Å². The lowest BCUT2D eigenvalue weighted by molar-refractivity contribution is -0.123. The lowest BCUT2D eigenvalue weighted by atomic mass is 10.2. The summed E-state index contributed by atoms with van der Waals surface area (Å²) in [6.07, 6.45) is 1.86. The van der Waals surface area contributed by atoms with Gasteiger partial charge in [-0.05, 0) is 23.8 Å². The Hall–Kier alpha value is -2.82. The van der Waals surface area contributed by atoms with Crippen molar-refractivity contribution in [3.63, 3.8) is 0 Å². The van der Waals surface area contributed by atoms with Crippen LogP contribution in [-0.2, 0) is 11.3 Å². The maximum atomic E-state index is 13.4. The van der Waals surface area contributed by atoms with Crippen LogP contribution in [0.3, 0.4) is 0 Å². The molecule has 1 aromatic heterocycles. The quantitative estimate of drug-likeness (QED) is 0.761. The van der Waals surface area contributed by atoms with Gasteiger partial charge in [0, 0.05) is 23.6 Å². The third-order valence-corrected chi connectivity index (χ3v) is 3.35. The summed E-state index contributed by atoms with van der Waals surface area (Å²) < 4.78 is 18.5. The Morgan fingerprint density at radius 3 is 2.77 bits per heavy atom. The lowest BCUT2D eigenvalue weighted by Crippen LogP contribution is -2.28. The first-order chi connectivity index (χ1) is 10.7. The normalized spacial score (nSPS) is 10.6. The van der Waals surface area contributed by atoms with Gasteiger partial charge >= 0.3 is 0 Å². The molecule has 3 rings (SSSR count). The van der Waals surface area contributed by atoms with Crippen LogP contribution in [-0.4, -0.2) is 17.5 Å². The van der Waals surface area contributed by atoms with Crippen molar-refractivity contribution < 1.29 is 13.9 Å². The van der Waals surface area contributed by atoms with Gasteiger partial charge in [0.05, 0.1) is 0 Å². The van der Waals surface area contributed by atoms with Gasteiger partial charge in [-0.3, -0.25) is 4.79 Å². The van der Waals surface area contributed by atoms with Crippen LogP contribution in [0.1, 0.15) is 5.56 Å². The minimum absolute atomic E-state index is 0.0738. The van der Waals surface area contributed by atoms with Crippen molar-refractivity contribution in [1.82, 2.24) is 10.3 Å². The maximum Gasteiger partial charge on any atom is 0.258 e. The fraction of sp³-hybridized carbons (Fsp3) is 0.118. The zero-order valence-electron chi connectivity index (χ0n) is 11.8. The number of H-pyrrole nitrogens is 1. The molecule has 5 heteroatoms. The van der Waals surface area contributed by atoms with Crippen molar-refractivity contribution >= 4 is 16.8 Å². The van der Waals surface area contributed by atoms with Crippen LogP contribution >= 0.6 is 0 Å². The summed E-state index contributed by atoms with van der Waals surface area (Å²) in [5.74, 6) is -0.704. The van der Waals surface area contributed by atoms with Crippen molar-refractivity contribution in [2.45, 2.75) is 6.54 Å². The van der Waals surface area contributed by atoms with E-state index in [0.29, 0.717) is 6.54 Å². The predicted octanol–water partition coefficient (Wildman–Crippen LogP) is 3.00. The number of halogens is 1. The molecule has 2 N–H and O–H groups in total. The highest BCUT2D eigenvalue weighted by molar-refractivity contribution is 5.84. The number of carbonyl (C=O) groups excluding carboxylic acids is 1. The van der Waals surface area contributed by atoms with E-state index in [-0.39, 0.29) is 18.3 Å². The summed E-state index contributed by atoms with van der Waals surface area (Å²) in [5, 5.41) is 3.83. The summed E-state index contributed by atoms with van der Waals surface area (Å²) in [4.78, 5) is 14.9. The van der Waals surface area contributed by atoms with E-state index < -0.39 is 5.82 Å². The highest BCUT2D eigenvalue weighted by Gasteiger charge is 2.08. The average molecular weight is 298 g/mol. The van der Waals surface area contributed by atoms with Gasteiger partial charge in [-0.1, -0.05) is 30.3 Å². The van der Waals surface area contributed by atoms with Gasteiger partial charge < -0.3 is 15.0 Å². The Balaban J connectivity index is 1.55. The van der Waals surface area contributed by atoms with Crippen LogP contribution in [0.4, 0.5) is 4.39 Å². The molecule has 0 saturated carbocycles. The van der Waals surface area contributed by atoms with Gasteiger partial charge in [0.1, 0.15) is 0 Å². The highest BCUT2D eigenvalue weighted by Crippen LogP contribution is 2.17. The SMILES string of the molecule is O=C(COc1ccccc1F)NCc1c[nH]c2ccccc12. The number of ether oxygens (including phenoxy) is 1. The Morgan fingerprint density at radius 1 is 1.14 bits per heavy atom. The number of carbonyl (C=O) groups is 1. The molecule has 2 aromatic carbocycles. The third-order valence-electron chi connectivity index (χ3n) is 3.35. The van der Waals surface area contributed by atoms with E-state index in [1.807, 2.05) is 30.5 Å². The van der Waals surface area contributed by atoms with Gasteiger partial charge in [0.15, 0.2) is 18.2 Å². The van der Waals surface area contributed by atoms with Crippen LogP contribution < -0.4 is 10.1 Å². The molecule has 1 heterocycles. The molecule has 0 unspecified atom stereocenters. The maximum absolute atomic E-state index is 13.4. The molecule has 0 saturated heterocycles.